The van der Waals surface area contributed by atoms with E-state index in [1.54, 1.807) is 26.4 Å². The summed E-state index contributed by atoms with van der Waals surface area (Å²) < 4.78 is 13.2. The van der Waals surface area contributed by atoms with E-state index in [2.05, 4.69) is 27.7 Å². The van der Waals surface area contributed by atoms with Gasteiger partial charge in [-0.15, -0.1) is 0 Å². The number of methoxy groups -OCH3 is 2. The van der Waals surface area contributed by atoms with Gasteiger partial charge < -0.3 is 19.7 Å². The van der Waals surface area contributed by atoms with Gasteiger partial charge >= 0.3 is 0 Å². The Morgan fingerprint density at radius 2 is 1.00 bits per heavy atom. The summed E-state index contributed by atoms with van der Waals surface area (Å²) in [5, 5.41) is 26.0. The van der Waals surface area contributed by atoms with Gasteiger partial charge in [-0.1, -0.05) is 27.7 Å². The van der Waals surface area contributed by atoms with E-state index in [1.165, 1.54) is 0 Å². The van der Waals surface area contributed by atoms with E-state index in [1.807, 2.05) is 0 Å². The fourth-order valence-corrected chi connectivity index (χ4v) is 14.3. The van der Waals surface area contributed by atoms with Gasteiger partial charge in [0.25, 0.3) is 0 Å². The number of carbonyl (C=O) groups excluding carboxylic acids is 2. The molecule has 6 nitrogen and oxygen atoms in total. The van der Waals surface area contributed by atoms with Crippen molar-refractivity contribution in [1.82, 2.24) is 0 Å². The van der Waals surface area contributed by atoms with Crippen LogP contribution in [0.25, 0.3) is 0 Å². The fraction of sp³-hybridized carbons (Fsp3) is 0.833. The Balaban J connectivity index is 1.24. The van der Waals surface area contributed by atoms with Crippen molar-refractivity contribution in [3.8, 4) is 0 Å². The van der Waals surface area contributed by atoms with Crippen molar-refractivity contribution in [1.29, 1.82) is 0 Å². The van der Waals surface area contributed by atoms with Crippen molar-refractivity contribution >= 4 is 11.6 Å². The Labute approximate surface area is 249 Å². The summed E-state index contributed by atoms with van der Waals surface area (Å²) in [6, 6.07) is 0. The number of allylic oxidation sites excluding steroid dienone is 2. The molecule has 6 heteroatoms. The molecule has 0 amide bonds. The lowest BCUT2D eigenvalue weighted by atomic mass is 9.39. The van der Waals surface area contributed by atoms with Crippen LogP contribution >= 0.6 is 0 Å². The van der Waals surface area contributed by atoms with Crippen LogP contribution in [0.3, 0.4) is 0 Å². The van der Waals surface area contributed by atoms with E-state index in [9.17, 15) is 19.8 Å². The van der Waals surface area contributed by atoms with Gasteiger partial charge in [-0.05, 0) is 120 Å². The summed E-state index contributed by atoms with van der Waals surface area (Å²) in [6.07, 6.45) is 9.82. The number of ether oxygens (including phenoxy) is 2. The second-order valence-corrected chi connectivity index (χ2v) is 17.6. The van der Waals surface area contributed by atoms with E-state index in [0.29, 0.717) is 11.8 Å². The molecule has 228 valence electrons. The van der Waals surface area contributed by atoms with Gasteiger partial charge in [0, 0.05) is 38.9 Å². The summed E-state index contributed by atoms with van der Waals surface area (Å²) in [4.78, 5) is 27.0. The van der Waals surface area contributed by atoms with Gasteiger partial charge in [0.2, 0.25) is 0 Å². The van der Waals surface area contributed by atoms with Crippen LogP contribution in [0, 0.1) is 70.0 Å². The standard InChI is InChI=1S/C36H48O6/c1-31(2)17-7-19-9-23-24-10-20-8-18-12-26(32(18,3)4)36(20,40)28-14-22(38)16-34(28,42-6)30(24)29(23)33(41-5)15-21(37)13-27(33)35(19,39)25(31)11-17/h13-14,17-20,23-26,29-30,39-40H,7-12,15-16H2,1-6H3/t17-,18-,19-,20-,23?,24?,25+,26+,29?,30?,33-,34-,35+,36+/m0/s1. The van der Waals surface area contributed by atoms with E-state index in [4.69, 9.17) is 9.47 Å². The van der Waals surface area contributed by atoms with Gasteiger partial charge in [-0.3, -0.25) is 9.59 Å². The average molecular weight is 577 g/mol. The van der Waals surface area contributed by atoms with Crippen LogP contribution in [0.15, 0.2) is 23.3 Å². The smallest absolute Gasteiger partial charge is 0.159 e. The maximum absolute atomic E-state index is 13.5. The summed E-state index contributed by atoms with van der Waals surface area (Å²) in [7, 11) is 3.46. The highest BCUT2D eigenvalue weighted by molar-refractivity contribution is 5.97. The van der Waals surface area contributed by atoms with Gasteiger partial charge in [0.05, 0.1) is 11.2 Å². The quantitative estimate of drug-likeness (QED) is 0.497. The number of fused-ring (bicyclic) bond motifs is 8. The monoisotopic (exact) mass is 576 g/mol. The number of hydrogen-bond acceptors (Lipinski definition) is 6. The molecule has 11 aliphatic rings. The molecule has 0 spiro atoms. The molecule has 0 aromatic carbocycles. The summed E-state index contributed by atoms with van der Waals surface area (Å²) in [5.74, 6) is 2.06. The van der Waals surface area contributed by atoms with E-state index in [-0.39, 0.29) is 82.6 Å². The summed E-state index contributed by atoms with van der Waals surface area (Å²) in [6.45, 7) is 9.19. The molecule has 4 unspecified atom stereocenters. The first-order chi connectivity index (χ1) is 19.7. The van der Waals surface area contributed by atoms with Gasteiger partial charge in [0.1, 0.15) is 11.2 Å². The van der Waals surface area contributed by atoms with Crippen LogP contribution in [-0.2, 0) is 19.1 Å². The second-order valence-electron chi connectivity index (χ2n) is 17.6. The van der Waals surface area contributed by atoms with Gasteiger partial charge in [-0.2, -0.15) is 0 Å². The Morgan fingerprint density at radius 3 is 1.33 bits per heavy atom. The van der Waals surface area contributed by atoms with E-state index >= 15 is 0 Å². The molecule has 11 rings (SSSR count). The lowest BCUT2D eigenvalue weighted by Crippen LogP contribution is -2.69. The molecule has 0 saturated heterocycles. The Morgan fingerprint density at radius 1 is 0.619 bits per heavy atom. The predicted octanol–water partition coefficient (Wildman–Crippen LogP) is 4.67. The molecule has 0 radical (unpaired) electrons. The average Bonchev–Trinajstić information content (AvgIpc) is 3.43. The molecule has 2 N–H and O–H groups in total. The number of hydrogen-bond donors (Lipinski definition) is 2. The summed E-state index contributed by atoms with van der Waals surface area (Å²) in [5.41, 5.74) is -2.24. The van der Waals surface area contributed by atoms with Crippen LogP contribution in [0.2, 0.25) is 0 Å². The fourth-order valence-electron chi connectivity index (χ4n) is 14.3. The van der Waals surface area contributed by atoms with Crippen molar-refractivity contribution in [3.05, 3.63) is 23.3 Å². The molecule has 0 aliphatic heterocycles. The number of aliphatic hydroxyl groups is 2. The first-order valence-corrected chi connectivity index (χ1v) is 16.8. The zero-order chi connectivity index (χ0) is 29.6. The first kappa shape index (κ1) is 27.0. The topological polar surface area (TPSA) is 93.1 Å². The van der Waals surface area contributed by atoms with Crippen molar-refractivity contribution in [2.75, 3.05) is 14.2 Å². The van der Waals surface area contributed by atoms with Crippen molar-refractivity contribution in [2.45, 2.75) is 101 Å². The van der Waals surface area contributed by atoms with Crippen LogP contribution in [-0.4, -0.2) is 58.4 Å². The number of carbonyl (C=O) groups is 2. The third-order valence-electron chi connectivity index (χ3n) is 16.4. The number of ketones is 2. The van der Waals surface area contributed by atoms with Gasteiger partial charge in [-0.25, -0.2) is 0 Å². The van der Waals surface area contributed by atoms with Crippen LogP contribution < -0.4 is 0 Å². The van der Waals surface area contributed by atoms with Crippen molar-refractivity contribution in [2.24, 2.45) is 70.0 Å². The molecule has 0 aromatic heterocycles. The van der Waals surface area contributed by atoms with Crippen LogP contribution in [0.4, 0.5) is 0 Å². The lowest BCUT2D eigenvalue weighted by molar-refractivity contribution is -0.225. The van der Waals surface area contributed by atoms with Gasteiger partial charge in [0.15, 0.2) is 11.6 Å². The molecule has 42 heavy (non-hydrogen) atoms. The molecule has 0 aromatic rings. The Bertz CT molecular complexity index is 1290. The Kier molecular flexibility index (Phi) is 4.85. The van der Waals surface area contributed by atoms with Crippen molar-refractivity contribution in [3.63, 3.8) is 0 Å². The van der Waals surface area contributed by atoms with Crippen molar-refractivity contribution < 1.29 is 29.3 Å². The highest BCUT2D eigenvalue weighted by Gasteiger charge is 2.80. The minimum atomic E-state index is -1.06. The SMILES string of the molecule is CO[C@@]12CC(=O)C=C1[C@@]1(O)[C@H](CC3C4C[C@@H]5C[C@H]6C[C@H](C6(C)C)[C@@]5(O)C5=CC(=O)C[C@@]5(OC)C4C32)C[C@H]2C[C@@H]1C2(C)C. The van der Waals surface area contributed by atoms with E-state index in [0.717, 1.165) is 49.7 Å². The zero-order valence-electron chi connectivity index (χ0n) is 26.1. The molecule has 9 saturated carbocycles. The van der Waals surface area contributed by atoms with Crippen LogP contribution in [0.5, 0.6) is 0 Å². The third kappa shape index (κ3) is 2.55. The molecule has 14 atom stereocenters. The number of rotatable bonds is 2. The van der Waals surface area contributed by atoms with E-state index < -0.39 is 22.4 Å². The lowest BCUT2D eigenvalue weighted by Gasteiger charge is -2.67. The minimum absolute atomic E-state index is 0.0266. The minimum Gasteiger partial charge on any atom is -0.385 e. The highest BCUT2D eigenvalue weighted by Crippen LogP contribution is 2.78. The molecular formula is C36H48O6. The maximum atomic E-state index is 13.5. The third-order valence-corrected chi connectivity index (χ3v) is 16.4. The molecule has 9 fully saturated rings. The normalized spacial score (nSPS) is 58.6. The maximum Gasteiger partial charge on any atom is 0.159 e. The predicted molar refractivity (Wildman–Crippen MR) is 155 cm³/mol. The summed E-state index contributed by atoms with van der Waals surface area (Å²) >= 11 is 0. The highest BCUT2D eigenvalue weighted by atomic mass is 16.5. The molecule has 11 aliphatic carbocycles. The first-order valence-electron chi connectivity index (χ1n) is 16.8. The largest absolute Gasteiger partial charge is 0.385 e. The second kappa shape index (κ2) is 7.54. The molecular weight excluding hydrogens is 528 g/mol. The molecule has 4 bridgehead atoms. The zero-order valence-corrected chi connectivity index (χ0v) is 26.1. The van der Waals surface area contributed by atoms with Crippen LogP contribution in [0.1, 0.15) is 79.1 Å². The Hall–Kier alpha value is -1.34. The molecule has 0 heterocycles.